The van der Waals surface area contributed by atoms with Gasteiger partial charge in [-0.1, -0.05) is 42.3 Å². The van der Waals surface area contributed by atoms with Gasteiger partial charge in [0.05, 0.1) is 16.6 Å². The van der Waals surface area contributed by atoms with E-state index in [2.05, 4.69) is 5.10 Å². The largest absolute Gasteiger partial charge is 0.336 e. The minimum Gasteiger partial charge on any atom is -0.336 e. The van der Waals surface area contributed by atoms with E-state index in [-0.39, 0.29) is 30.3 Å². The molecule has 5 nitrogen and oxygen atoms in total. The first kappa shape index (κ1) is 19.2. The quantitative estimate of drug-likeness (QED) is 0.729. The first-order valence-corrected chi connectivity index (χ1v) is 10.7. The summed E-state index contributed by atoms with van der Waals surface area (Å²) in [6.07, 6.45) is 3.54. The fourth-order valence-corrected chi connectivity index (χ4v) is 4.62. The smallest absolute Gasteiger partial charge is 0.262 e. The van der Waals surface area contributed by atoms with Crippen molar-refractivity contribution in [2.24, 2.45) is 11.0 Å². The number of likely N-dealkylation sites (N-methyl/N-ethyl adjacent to an activating group) is 1. The van der Waals surface area contributed by atoms with Crippen molar-refractivity contribution < 1.29 is 9.59 Å². The number of thiophene rings is 1. The molecule has 1 aliphatic carbocycles. The summed E-state index contributed by atoms with van der Waals surface area (Å²) in [5, 5.41) is 8.77. The van der Waals surface area contributed by atoms with Crippen molar-refractivity contribution in [1.29, 1.82) is 0 Å². The maximum absolute atomic E-state index is 13.1. The van der Waals surface area contributed by atoms with Crippen LogP contribution in [0.25, 0.3) is 0 Å². The van der Waals surface area contributed by atoms with Gasteiger partial charge in [-0.05, 0) is 35.9 Å². The van der Waals surface area contributed by atoms with Crippen LogP contribution in [0.4, 0.5) is 0 Å². The van der Waals surface area contributed by atoms with Crippen molar-refractivity contribution >= 4 is 40.5 Å². The highest BCUT2D eigenvalue weighted by Crippen LogP contribution is 2.37. The lowest BCUT2D eigenvalue weighted by atomic mass is 9.84. The van der Waals surface area contributed by atoms with Crippen LogP contribution in [-0.2, 0) is 9.59 Å². The molecule has 1 aromatic carbocycles. The Morgan fingerprint density at radius 2 is 2.04 bits per heavy atom. The van der Waals surface area contributed by atoms with E-state index in [0.29, 0.717) is 11.4 Å². The fourth-order valence-electron chi connectivity index (χ4n) is 3.64. The summed E-state index contributed by atoms with van der Waals surface area (Å²) < 4.78 is 0. The van der Waals surface area contributed by atoms with Crippen LogP contribution in [0.2, 0.25) is 5.02 Å². The first-order valence-electron chi connectivity index (χ1n) is 9.47. The van der Waals surface area contributed by atoms with Gasteiger partial charge in [0.2, 0.25) is 5.91 Å². The van der Waals surface area contributed by atoms with Gasteiger partial charge in [0.15, 0.2) is 0 Å². The van der Waals surface area contributed by atoms with Gasteiger partial charge in [0.1, 0.15) is 6.54 Å². The molecule has 0 saturated heterocycles. The standard InChI is InChI=1S/C21H22ClN3O2S/c1-24(21(27)14-6-4-7-14)13-20(26)25-18(15-8-2-3-9-16(15)22)12-17(23-25)19-10-5-11-28-19/h2-3,5,8-11,14,18H,4,6-7,12-13H2,1H3/t18-/m1/s1. The zero-order valence-electron chi connectivity index (χ0n) is 15.7. The van der Waals surface area contributed by atoms with E-state index in [1.807, 2.05) is 41.8 Å². The molecule has 2 heterocycles. The van der Waals surface area contributed by atoms with E-state index in [0.717, 1.165) is 35.4 Å². The molecule has 4 rings (SSSR count). The number of benzene rings is 1. The Morgan fingerprint density at radius 3 is 2.68 bits per heavy atom. The third kappa shape index (κ3) is 3.71. The topological polar surface area (TPSA) is 53.0 Å². The molecule has 1 atom stereocenters. The van der Waals surface area contributed by atoms with Crippen LogP contribution in [0.1, 0.15) is 42.2 Å². The van der Waals surface area contributed by atoms with E-state index in [4.69, 9.17) is 11.6 Å². The highest BCUT2D eigenvalue weighted by molar-refractivity contribution is 7.12. The van der Waals surface area contributed by atoms with Gasteiger partial charge in [0, 0.05) is 24.4 Å². The molecule has 1 fully saturated rings. The summed E-state index contributed by atoms with van der Waals surface area (Å²) >= 11 is 8.02. The summed E-state index contributed by atoms with van der Waals surface area (Å²) in [4.78, 5) is 28.1. The molecule has 0 radical (unpaired) electrons. The maximum atomic E-state index is 13.1. The average Bonchev–Trinajstić information content (AvgIpc) is 3.30. The predicted octanol–water partition coefficient (Wildman–Crippen LogP) is 4.34. The number of carbonyl (C=O) groups excluding carboxylic acids is 2. The minimum absolute atomic E-state index is 0.0253. The normalized spacial score (nSPS) is 19.3. The van der Waals surface area contributed by atoms with Gasteiger partial charge in [-0.3, -0.25) is 9.59 Å². The molecule has 2 aliphatic rings. The van der Waals surface area contributed by atoms with E-state index in [1.165, 1.54) is 9.91 Å². The van der Waals surface area contributed by atoms with Crippen LogP contribution >= 0.6 is 22.9 Å². The van der Waals surface area contributed by atoms with Crippen LogP contribution < -0.4 is 0 Å². The minimum atomic E-state index is -0.259. The SMILES string of the molecule is CN(CC(=O)N1N=C(c2cccs2)C[C@@H]1c1ccccc1Cl)C(=O)C1CCC1. The number of nitrogens with zero attached hydrogens (tertiary/aromatic N) is 3. The molecule has 0 spiro atoms. The predicted molar refractivity (Wildman–Crippen MR) is 111 cm³/mol. The molecule has 2 aromatic rings. The Morgan fingerprint density at radius 1 is 1.25 bits per heavy atom. The van der Waals surface area contributed by atoms with Gasteiger partial charge in [-0.2, -0.15) is 5.10 Å². The van der Waals surface area contributed by atoms with Crippen LogP contribution in [0, 0.1) is 5.92 Å². The number of carbonyl (C=O) groups is 2. The summed E-state index contributed by atoms with van der Waals surface area (Å²) in [6.45, 7) is 0.0253. The van der Waals surface area contributed by atoms with E-state index >= 15 is 0 Å². The number of amides is 2. The van der Waals surface area contributed by atoms with Crippen molar-refractivity contribution in [3.05, 3.63) is 57.2 Å². The van der Waals surface area contributed by atoms with E-state index < -0.39 is 0 Å². The Kier molecular flexibility index (Phi) is 5.51. The number of hydrogen-bond acceptors (Lipinski definition) is 4. The molecule has 0 unspecified atom stereocenters. The number of halogens is 1. The second kappa shape index (κ2) is 8.05. The molecular formula is C21H22ClN3O2S. The Balaban J connectivity index is 1.57. The number of hydrazone groups is 1. The van der Waals surface area contributed by atoms with Crippen LogP contribution in [0.15, 0.2) is 46.9 Å². The Labute approximate surface area is 173 Å². The number of hydrogen-bond donors (Lipinski definition) is 0. The molecule has 0 N–H and O–H groups in total. The van der Waals surface area contributed by atoms with E-state index in [9.17, 15) is 9.59 Å². The molecular weight excluding hydrogens is 394 g/mol. The highest BCUT2D eigenvalue weighted by atomic mass is 35.5. The summed E-state index contributed by atoms with van der Waals surface area (Å²) in [5.41, 5.74) is 1.75. The molecule has 7 heteroatoms. The Hall–Kier alpha value is -2.18. The first-order chi connectivity index (χ1) is 13.5. The molecule has 146 valence electrons. The van der Waals surface area contributed by atoms with Gasteiger partial charge in [-0.25, -0.2) is 5.01 Å². The van der Waals surface area contributed by atoms with Gasteiger partial charge < -0.3 is 4.90 Å². The molecule has 28 heavy (non-hydrogen) atoms. The third-order valence-corrected chi connectivity index (χ3v) is 6.70. The van der Waals surface area contributed by atoms with Crippen molar-refractivity contribution in [2.45, 2.75) is 31.7 Å². The molecule has 1 aromatic heterocycles. The Bertz CT molecular complexity index is 908. The molecule has 2 amide bonds. The highest BCUT2D eigenvalue weighted by Gasteiger charge is 2.36. The second-order valence-corrected chi connectivity index (χ2v) is 8.68. The zero-order valence-corrected chi connectivity index (χ0v) is 17.2. The van der Waals surface area contributed by atoms with Gasteiger partial charge in [-0.15, -0.1) is 11.3 Å². The van der Waals surface area contributed by atoms with Gasteiger partial charge in [0.25, 0.3) is 5.91 Å². The third-order valence-electron chi connectivity index (χ3n) is 5.44. The lowest BCUT2D eigenvalue weighted by Crippen LogP contribution is -2.42. The molecule has 1 saturated carbocycles. The maximum Gasteiger partial charge on any atom is 0.262 e. The van der Waals surface area contributed by atoms with E-state index in [1.54, 1.807) is 18.4 Å². The van der Waals surface area contributed by atoms with Crippen LogP contribution in [0.3, 0.4) is 0 Å². The summed E-state index contributed by atoms with van der Waals surface area (Å²) in [6, 6.07) is 11.3. The molecule has 1 aliphatic heterocycles. The second-order valence-electron chi connectivity index (χ2n) is 7.33. The van der Waals surface area contributed by atoms with Crippen LogP contribution in [0.5, 0.6) is 0 Å². The number of rotatable bonds is 5. The average molecular weight is 416 g/mol. The van der Waals surface area contributed by atoms with Crippen molar-refractivity contribution in [3.8, 4) is 0 Å². The summed E-state index contributed by atoms with van der Waals surface area (Å²) in [7, 11) is 1.70. The van der Waals surface area contributed by atoms with Crippen molar-refractivity contribution in [2.75, 3.05) is 13.6 Å². The van der Waals surface area contributed by atoms with Crippen molar-refractivity contribution in [1.82, 2.24) is 9.91 Å². The fraction of sp³-hybridized carbons (Fsp3) is 0.381. The zero-order chi connectivity index (χ0) is 19.7. The van der Waals surface area contributed by atoms with Gasteiger partial charge >= 0.3 is 0 Å². The lowest BCUT2D eigenvalue weighted by Gasteiger charge is -2.30. The lowest BCUT2D eigenvalue weighted by molar-refractivity contribution is -0.144. The van der Waals surface area contributed by atoms with Crippen LogP contribution in [-0.4, -0.2) is 41.0 Å². The monoisotopic (exact) mass is 415 g/mol. The molecule has 0 bridgehead atoms. The summed E-state index contributed by atoms with van der Waals surface area (Å²) in [5.74, 6) is -0.0666. The van der Waals surface area contributed by atoms with Crippen molar-refractivity contribution in [3.63, 3.8) is 0 Å².